The van der Waals surface area contributed by atoms with Crippen LogP contribution in [0.5, 0.6) is 5.75 Å². The molecule has 4 aliphatic rings. The van der Waals surface area contributed by atoms with Crippen LogP contribution in [0.1, 0.15) is 107 Å². The van der Waals surface area contributed by atoms with Crippen LogP contribution in [0.2, 0.25) is 0 Å². The summed E-state index contributed by atoms with van der Waals surface area (Å²) in [6.07, 6.45) is 9.16. The molecule has 7 nitrogen and oxygen atoms in total. The van der Waals surface area contributed by atoms with Gasteiger partial charge in [-0.1, -0.05) is 45.7 Å². The van der Waals surface area contributed by atoms with Crippen molar-refractivity contribution < 1.29 is 19.5 Å². The largest absolute Gasteiger partial charge is 0.508 e. The van der Waals surface area contributed by atoms with Gasteiger partial charge in [0.2, 0.25) is 17.7 Å². The zero-order valence-corrected chi connectivity index (χ0v) is 25.9. The molecule has 0 spiro atoms. The van der Waals surface area contributed by atoms with Gasteiger partial charge in [0, 0.05) is 18.7 Å². The molecule has 6 rings (SSSR count). The van der Waals surface area contributed by atoms with E-state index in [1.807, 2.05) is 18.2 Å². The number of carbonyl (C=O) groups is 3. The molecular formula is C36H47N3O4. The number of nitrogens with one attached hydrogen (secondary N) is 2. The van der Waals surface area contributed by atoms with Crippen LogP contribution in [-0.4, -0.2) is 29.4 Å². The first-order valence-corrected chi connectivity index (χ1v) is 16.3. The predicted molar refractivity (Wildman–Crippen MR) is 168 cm³/mol. The first kappa shape index (κ1) is 29.9. The summed E-state index contributed by atoms with van der Waals surface area (Å²) >= 11 is 0. The molecule has 2 aromatic rings. The number of benzene rings is 2. The minimum Gasteiger partial charge on any atom is -0.508 e. The minimum absolute atomic E-state index is 0.0838. The minimum atomic E-state index is -0.672. The summed E-state index contributed by atoms with van der Waals surface area (Å²) in [5.74, 6) is 0.356. The molecule has 0 bridgehead atoms. The van der Waals surface area contributed by atoms with E-state index in [2.05, 4.69) is 43.5 Å². The highest BCUT2D eigenvalue weighted by Crippen LogP contribution is 2.58. The molecule has 0 heterocycles. The van der Waals surface area contributed by atoms with Crippen molar-refractivity contribution in [3.63, 3.8) is 0 Å². The predicted octanol–water partition coefficient (Wildman–Crippen LogP) is 5.87. The summed E-state index contributed by atoms with van der Waals surface area (Å²) in [5, 5.41) is 16.2. The summed E-state index contributed by atoms with van der Waals surface area (Å²) < 4.78 is 0. The van der Waals surface area contributed by atoms with Crippen LogP contribution in [0.25, 0.3) is 0 Å². The van der Waals surface area contributed by atoms with Crippen LogP contribution >= 0.6 is 0 Å². The van der Waals surface area contributed by atoms with Crippen molar-refractivity contribution in [3.8, 4) is 5.75 Å². The van der Waals surface area contributed by atoms with Gasteiger partial charge in [-0.2, -0.15) is 0 Å². The van der Waals surface area contributed by atoms with E-state index in [1.165, 1.54) is 22.3 Å². The molecule has 0 aliphatic heterocycles. The molecular weight excluding hydrogens is 538 g/mol. The van der Waals surface area contributed by atoms with Crippen LogP contribution in [0, 0.1) is 22.7 Å². The molecule has 43 heavy (non-hydrogen) atoms. The topological polar surface area (TPSA) is 122 Å². The molecule has 0 saturated heterocycles. The lowest BCUT2D eigenvalue weighted by Gasteiger charge is -2.55. The number of aryl methyl sites for hydroxylation is 2. The van der Waals surface area contributed by atoms with Gasteiger partial charge in [-0.05, 0) is 121 Å². The van der Waals surface area contributed by atoms with Crippen LogP contribution in [-0.2, 0) is 32.6 Å². The molecule has 6 atom stereocenters. The Morgan fingerprint density at radius 3 is 2.40 bits per heavy atom. The Morgan fingerprint density at radius 2 is 1.60 bits per heavy atom. The zero-order valence-electron chi connectivity index (χ0n) is 25.9. The fourth-order valence-corrected chi connectivity index (χ4v) is 9.71. The second-order valence-electron chi connectivity index (χ2n) is 14.5. The first-order valence-electron chi connectivity index (χ1n) is 16.3. The monoisotopic (exact) mass is 585 g/mol. The third-order valence-corrected chi connectivity index (χ3v) is 12.0. The normalized spacial score (nSPS) is 32.8. The third kappa shape index (κ3) is 4.98. The van der Waals surface area contributed by atoms with E-state index in [9.17, 15) is 19.5 Å². The average molecular weight is 586 g/mol. The van der Waals surface area contributed by atoms with Crippen molar-refractivity contribution >= 4 is 23.4 Å². The summed E-state index contributed by atoms with van der Waals surface area (Å²) in [5.41, 5.74) is 9.75. The molecule has 3 amide bonds. The lowest BCUT2D eigenvalue weighted by molar-refractivity contribution is -0.149. The van der Waals surface area contributed by atoms with E-state index in [0.29, 0.717) is 6.54 Å². The molecule has 2 fully saturated rings. The smallest absolute Gasteiger partial charge is 0.232 e. The molecule has 2 aromatic carbocycles. The van der Waals surface area contributed by atoms with Crippen molar-refractivity contribution in [2.24, 2.45) is 28.4 Å². The number of hydrogen-bond donors (Lipinski definition) is 4. The number of fused-ring (bicyclic) bond motifs is 6. The molecule has 4 aliphatic carbocycles. The van der Waals surface area contributed by atoms with Gasteiger partial charge in [0.15, 0.2) is 0 Å². The van der Waals surface area contributed by atoms with Crippen molar-refractivity contribution in [3.05, 3.63) is 58.7 Å². The molecule has 2 saturated carbocycles. The van der Waals surface area contributed by atoms with E-state index < -0.39 is 10.8 Å². The molecule has 0 radical (unpaired) electrons. The van der Waals surface area contributed by atoms with E-state index >= 15 is 0 Å². The number of phenolic OH excluding ortho intramolecular Hbond substituents is 1. The highest BCUT2D eigenvalue weighted by Gasteiger charge is 2.56. The van der Waals surface area contributed by atoms with E-state index in [0.717, 1.165) is 69.9 Å². The van der Waals surface area contributed by atoms with Gasteiger partial charge in [0.25, 0.3) is 0 Å². The second kappa shape index (κ2) is 11.1. The number of rotatable bonds is 5. The molecule has 1 unspecified atom stereocenters. The summed E-state index contributed by atoms with van der Waals surface area (Å²) in [6.45, 7) is 6.71. The Labute approximate surface area is 255 Å². The molecule has 7 heteroatoms. The lowest BCUT2D eigenvalue weighted by Crippen LogP contribution is -2.58. The number of imide groups is 1. The number of hydrogen-bond acceptors (Lipinski definition) is 5. The fraction of sp³-hybridized carbons (Fsp3) is 0.583. The number of aromatic hydroxyl groups is 1. The average Bonchev–Trinajstić information content (AvgIpc) is 2.97. The zero-order chi connectivity index (χ0) is 30.6. The number of phenols is 1. The number of carbonyl (C=O) groups excluding carboxylic acids is 3. The van der Waals surface area contributed by atoms with Crippen molar-refractivity contribution in [2.75, 3.05) is 11.9 Å². The SMILES string of the molecule is C[C@]1(C(=O)NC(=O)[C@@]2(C)CCC[C@]3(C)c4cc(NC(=O)CCN)ccc4CC[C@@H]23)CCCC2c3cc(O)ccc3CC[C@H]21. The maximum atomic E-state index is 14.3. The van der Waals surface area contributed by atoms with E-state index in [-0.39, 0.29) is 53.1 Å². The van der Waals surface area contributed by atoms with Gasteiger partial charge >= 0.3 is 0 Å². The lowest BCUT2D eigenvalue weighted by atomic mass is 9.49. The molecule has 230 valence electrons. The van der Waals surface area contributed by atoms with Gasteiger partial charge in [-0.25, -0.2) is 0 Å². The Hall–Kier alpha value is -3.19. The maximum Gasteiger partial charge on any atom is 0.232 e. The van der Waals surface area contributed by atoms with Crippen molar-refractivity contribution in [1.82, 2.24) is 5.32 Å². The number of nitrogens with two attached hydrogens (primary N) is 1. The van der Waals surface area contributed by atoms with Gasteiger partial charge in [0.05, 0.1) is 10.8 Å². The van der Waals surface area contributed by atoms with Gasteiger partial charge < -0.3 is 16.2 Å². The summed E-state index contributed by atoms with van der Waals surface area (Å²) in [7, 11) is 0. The van der Waals surface area contributed by atoms with Crippen molar-refractivity contribution in [1.29, 1.82) is 0 Å². The standard InChI is InChI=1S/C36H47N3O4/c1-34-17-5-18-36(3,30(34)14-10-23-7-11-24(20-29(23)34)38-31(41)15-19-37)33(43)39-32(42)35(2)16-4-6-26-27-21-25(40)12-8-22(27)9-13-28(26)35/h7-8,11-12,20-21,26,28,30,40H,4-6,9-10,13-19,37H2,1-3H3,(H,38,41)(H,39,42,43)/t26?,28-,30-,34-,35+,36+/m1/s1. The number of anilines is 1. The van der Waals surface area contributed by atoms with Crippen molar-refractivity contribution in [2.45, 2.75) is 103 Å². The Balaban J connectivity index is 1.24. The molecule has 0 aromatic heterocycles. The quantitative estimate of drug-likeness (QED) is 0.327. The van der Waals surface area contributed by atoms with Gasteiger partial charge in [-0.3, -0.25) is 19.7 Å². The Kier molecular flexibility index (Phi) is 7.68. The Bertz CT molecular complexity index is 1450. The fourth-order valence-electron chi connectivity index (χ4n) is 9.71. The first-order chi connectivity index (χ1) is 20.5. The third-order valence-electron chi connectivity index (χ3n) is 12.0. The maximum absolute atomic E-state index is 14.3. The highest BCUT2D eigenvalue weighted by atomic mass is 16.3. The van der Waals surface area contributed by atoms with Gasteiger partial charge in [0.1, 0.15) is 5.75 Å². The second-order valence-corrected chi connectivity index (χ2v) is 14.5. The van der Waals surface area contributed by atoms with Crippen LogP contribution in [0.3, 0.4) is 0 Å². The Morgan fingerprint density at radius 1 is 0.884 bits per heavy atom. The van der Waals surface area contributed by atoms with Crippen LogP contribution in [0.4, 0.5) is 5.69 Å². The highest BCUT2D eigenvalue weighted by molar-refractivity contribution is 6.01. The van der Waals surface area contributed by atoms with E-state index in [4.69, 9.17) is 5.73 Å². The van der Waals surface area contributed by atoms with Crippen LogP contribution < -0.4 is 16.4 Å². The summed E-state index contributed by atoms with van der Waals surface area (Å²) in [4.78, 5) is 40.7. The van der Waals surface area contributed by atoms with Crippen LogP contribution in [0.15, 0.2) is 36.4 Å². The summed E-state index contributed by atoms with van der Waals surface area (Å²) in [6, 6.07) is 11.9. The molecule has 5 N–H and O–H groups in total. The number of amides is 3. The van der Waals surface area contributed by atoms with E-state index in [1.54, 1.807) is 6.07 Å². The van der Waals surface area contributed by atoms with Gasteiger partial charge in [-0.15, -0.1) is 0 Å².